The standard InChI is InChI=1S/C15H30N2O/c1-12(8-9-16-13-6-7-13)17-10-14(2,3)18-15(4,5)11-17/h12-13,16H,6-11H2,1-5H3. The molecule has 1 saturated heterocycles. The second-order valence-electron chi connectivity index (χ2n) is 7.39. The van der Waals surface area contributed by atoms with E-state index >= 15 is 0 Å². The number of nitrogens with one attached hydrogen (secondary N) is 1. The average molecular weight is 254 g/mol. The number of morpholine rings is 1. The third-order valence-corrected chi connectivity index (χ3v) is 3.92. The van der Waals surface area contributed by atoms with Crippen molar-refractivity contribution in [2.75, 3.05) is 19.6 Å². The lowest BCUT2D eigenvalue weighted by molar-refractivity contribution is -0.187. The molecule has 0 aromatic carbocycles. The first-order valence-electron chi connectivity index (χ1n) is 7.45. The van der Waals surface area contributed by atoms with Crippen LogP contribution in [0.5, 0.6) is 0 Å². The zero-order valence-corrected chi connectivity index (χ0v) is 12.8. The van der Waals surface area contributed by atoms with Gasteiger partial charge in [0, 0.05) is 25.2 Å². The molecular weight excluding hydrogens is 224 g/mol. The third kappa shape index (κ3) is 4.22. The summed E-state index contributed by atoms with van der Waals surface area (Å²) in [5.41, 5.74) is -0.0557. The minimum absolute atomic E-state index is 0.0278. The summed E-state index contributed by atoms with van der Waals surface area (Å²) in [6, 6.07) is 1.47. The molecule has 1 aliphatic carbocycles. The van der Waals surface area contributed by atoms with Crippen molar-refractivity contribution in [3.63, 3.8) is 0 Å². The molecule has 0 amide bonds. The van der Waals surface area contributed by atoms with Gasteiger partial charge in [0.25, 0.3) is 0 Å². The second-order valence-corrected chi connectivity index (χ2v) is 7.39. The van der Waals surface area contributed by atoms with Crippen LogP contribution in [0.1, 0.15) is 53.9 Å². The van der Waals surface area contributed by atoms with Crippen LogP contribution in [0, 0.1) is 0 Å². The molecule has 3 heteroatoms. The lowest BCUT2D eigenvalue weighted by Crippen LogP contribution is -2.59. The summed E-state index contributed by atoms with van der Waals surface area (Å²) >= 11 is 0. The molecule has 0 aromatic rings. The van der Waals surface area contributed by atoms with Gasteiger partial charge in [-0.25, -0.2) is 0 Å². The minimum Gasteiger partial charge on any atom is -0.367 e. The Morgan fingerprint density at radius 2 is 1.72 bits per heavy atom. The molecule has 1 N–H and O–H groups in total. The SMILES string of the molecule is CC(CCNC1CC1)N1CC(C)(C)OC(C)(C)C1. The smallest absolute Gasteiger partial charge is 0.0760 e. The molecule has 3 nitrogen and oxygen atoms in total. The van der Waals surface area contributed by atoms with E-state index in [2.05, 4.69) is 44.8 Å². The molecule has 18 heavy (non-hydrogen) atoms. The minimum atomic E-state index is -0.0278. The van der Waals surface area contributed by atoms with Crippen LogP contribution in [0.3, 0.4) is 0 Å². The summed E-state index contributed by atoms with van der Waals surface area (Å²) in [5, 5.41) is 3.61. The van der Waals surface area contributed by atoms with E-state index < -0.39 is 0 Å². The summed E-state index contributed by atoms with van der Waals surface area (Å²) in [6.45, 7) is 14.4. The molecule has 0 radical (unpaired) electrons. The first-order valence-corrected chi connectivity index (χ1v) is 7.45. The zero-order valence-electron chi connectivity index (χ0n) is 12.8. The summed E-state index contributed by atoms with van der Waals surface area (Å²) in [4.78, 5) is 2.60. The summed E-state index contributed by atoms with van der Waals surface area (Å²) < 4.78 is 6.14. The van der Waals surface area contributed by atoms with Gasteiger partial charge in [-0.05, 0) is 60.4 Å². The molecule has 0 bridgehead atoms. The fourth-order valence-corrected chi connectivity index (χ4v) is 3.12. The fraction of sp³-hybridized carbons (Fsp3) is 1.00. The van der Waals surface area contributed by atoms with Gasteiger partial charge in [-0.2, -0.15) is 0 Å². The molecule has 0 spiro atoms. The van der Waals surface area contributed by atoms with Crippen LogP contribution < -0.4 is 5.32 Å². The third-order valence-electron chi connectivity index (χ3n) is 3.92. The van der Waals surface area contributed by atoms with E-state index in [1.54, 1.807) is 0 Å². The maximum Gasteiger partial charge on any atom is 0.0760 e. The summed E-state index contributed by atoms with van der Waals surface area (Å²) in [7, 11) is 0. The Labute approximate surface area is 112 Å². The molecule has 1 aliphatic heterocycles. The van der Waals surface area contributed by atoms with E-state index in [1.807, 2.05) is 0 Å². The predicted octanol–water partition coefficient (Wildman–Crippen LogP) is 2.41. The lowest BCUT2D eigenvalue weighted by Gasteiger charge is -2.49. The Kier molecular flexibility index (Phi) is 4.05. The largest absolute Gasteiger partial charge is 0.367 e. The van der Waals surface area contributed by atoms with Crippen LogP contribution in [0.4, 0.5) is 0 Å². The van der Waals surface area contributed by atoms with E-state index in [9.17, 15) is 0 Å². The first-order chi connectivity index (χ1) is 8.27. The number of rotatable bonds is 5. The van der Waals surface area contributed by atoms with E-state index in [0.717, 1.165) is 25.7 Å². The Bertz CT molecular complexity index is 268. The van der Waals surface area contributed by atoms with Crippen molar-refractivity contribution < 1.29 is 4.74 Å². The number of nitrogens with zero attached hydrogens (tertiary/aromatic N) is 1. The highest BCUT2D eigenvalue weighted by Crippen LogP contribution is 2.29. The van der Waals surface area contributed by atoms with Crippen molar-refractivity contribution in [2.24, 2.45) is 0 Å². The fourth-order valence-electron chi connectivity index (χ4n) is 3.12. The quantitative estimate of drug-likeness (QED) is 0.815. The molecule has 1 saturated carbocycles. The maximum absolute atomic E-state index is 6.14. The van der Waals surface area contributed by atoms with Gasteiger partial charge < -0.3 is 10.1 Å². The second kappa shape index (κ2) is 5.10. The molecule has 2 fully saturated rings. The van der Waals surface area contributed by atoms with Crippen molar-refractivity contribution in [1.29, 1.82) is 0 Å². The van der Waals surface area contributed by atoms with Crippen LogP contribution in [0.2, 0.25) is 0 Å². The van der Waals surface area contributed by atoms with Crippen molar-refractivity contribution >= 4 is 0 Å². The molecule has 0 aromatic heterocycles. The van der Waals surface area contributed by atoms with Crippen LogP contribution in [0.15, 0.2) is 0 Å². The van der Waals surface area contributed by atoms with Gasteiger partial charge in [0.15, 0.2) is 0 Å². The van der Waals surface area contributed by atoms with Gasteiger partial charge in [0.2, 0.25) is 0 Å². The molecule has 2 aliphatic rings. The topological polar surface area (TPSA) is 24.5 Å². The van der Waals surface area contributed by atoms with Gasteiger partial charge in [0.1, 0.15) is 0 Å². The normalized spacial score (nSPS) is 29.2. The van der Waals surface area contributed by atoms with Crippen molar-refractivity contribution in [1.82, 2.24) is 10.2 Å². The summed E-state index contributed by atoms with van der Waals surface area (Å²) in [6.07, 6.45) is 4.00. The Morgan fingerprint density at radius 3 is 2.22 bits per heavy atom. The van der Waals surface area contributed by atoms with Crippen LogP contribution in [-0.2, 0) is 4.74 Å². The monoisotopic (exact) mass is 254 g/mol. The summed E-state index contributed by atoms with van der Waals surface area (Å²) in [5.74, 6) is 0. The van der Waals surface area contributed by atoms with Crippen LogP contribution in [-0.4, -0.2) is 47.8 Å². The zero-order chi connectivity index (χ0) is 13.4. The van der Waals surface area contributed by atoms with E-state index in [4.69, 9.17) is 4.74 Å². The van der Waals surface area contributed by atoms with Gasteiger partial charge in [-0.15, -0.1) is 0 Å². The van der Waals surface area contributed by atoms with Crippen LogP contribution in [0.25, 0.3) is 0 Å². The number of hydrogen-bond acceptors (Lipinski definition) is 3. The Hall–Kier alpha value is -0.120. The van der Waals surface area contributed by atoms with Crippen molar-refractivity contribution in [2.45, 2.75) is 77.2 Å². The lowest BCUT2D eigenvalue weighted by atomic mass is 9.97. The van der Waals surface area contributed by atoms with Crippen LogP contribution >= 0.6 is 0 Å². The molecule has 106 valence electrons. The highest BCUT2D eigenvalue weighted by atomic mass is 16.5. The molecule has 1 atom stereocenters. The Balaban J connectivity index is 1.81. The number of ether oxygens (including phenoxy) is 1. The number of hydrogen-bond donors (Lipinski definition) is 1. The van der Waals surface area contributed by atoms with E-state index in [-0.39, 0.29) is 11.2 Å². The van der Waals surface area contributed by atoms with Gasteiger partial charge in [0.05, 0.1) is 11.2 Å². The van der Waals surface area contributed by atoms with Gasteiger partial charge >= 0.3 is 0 Å². The molecule has 1 unspecified atom stereocenters. The van der Waals surface area contributed by atoms with E-state index in [1.165, 1.54) is 19.3 Å². The highest BCUT2D eigenvalue weighted by Gasteiger charge is 2.39. The van der Waals surface area contributed by atoms with Gasteiger partial charge in [-0.3, -0.25) is 4.90 Å². The predicted molar refractivity (Wildman–Crippen MR) is 75.9 cm³/mol. The molecule has 2 rings (SSSR count). The Morgan fingerprint density at radius 1 is 1.17 bits per heavy atom. The maximum atomic E-state index is 6.14. The van der Waals surface area contributed by atoms with Crippen molar-refractivity contribution in [3.05, 3.63) is 0 Å². The molecular formula is C15H30N2O. The first kappa shape index (κ1) is 14.3. The molecule has 1 heterocycles. The highest BCUT2D eigenvalue weighted by molar-refractivity contribution is 4.91. The average Bonchev–Trinajstić information content (AvgIpc) is 2.96. The van der Waals surface area contributed by atoms with Gasteiger partial charge in [-0.1, -0.05) is 0 Å². The van der Waals surface area contributed by atoms with Crippen molar-refractivity contribution in [3.8, 4) is 0 Å². The van der Waals surface area contributed by atoms with E-state index in [0.29, 0.717) is 6.04 Å².